The van der Waals surface area contributed by atoms with E-state index in [4.69, 9.17) is 4.74 Å². The molecule has 1 saturated carbocycles. The van der Waals surface area contributed by atoms with Gasteiger partial charge < -0.3 is 15.0 Å². The molecule has 0 aromatic rings. The first kappa shape index (κ1) is 18.2. The molecule has 1 spiro atoms. The van der Waals surface area contributed by atoms with E-state index in [1.54, 1.807) is 14.1 Å². The molecule has 1 saturated heterocycles. The zero-order chi connectivity index (χ0) is 18.1. The Morgan fingerprint density at radius 1 is 1.38 bits per heavy atom. The number of hydrogen-bond acceptors (Lipinski definition) is 5. The highest BCUT2D eigenvalue weighted by atomic mass is 16.5. The lowest BCUT2D eigenvalue weighted by Gasteiger charge is -2.36. The van der Waals surface area contributed by atoms with Crippen LogP contribution in [0.15, 0.2) is 0 Å². The lowest BCUT2D eigenvalue weighted by atomic mass is 9.73. The molecule has 8 nitrogen and oxygen atoms in total. The first-order chi connectivity index (χ1) is 11.2. The Morgan fingerprint density at radius 3 is 2.62 bits per heavy atom. The number of nitrogens with zero attached hydrogens (tertiary/aromatic N) is 2. The average molecular weight is 339 g/mol. The van der Waals surface area contributed by atoms with Crippen LogP contribution in [0.1, 0.15) is 39.5 Å². The number of rotatable bonds is 4. The number of amides is 4. The minimum atomic E-state index is -0.962. The van der Waals surface area contributed by atoms with E-state index in [9.17, 15) is 19.2 Å². The van der Waals surface area contributed by atoms with Gasteiger partial charge in [0.1, 0.15) is 12.1 Å². The predicted molar refractivity (Wildman–Crippen MR) is 84.9 cm³/mol. The number of ether oxygens (including phenoxy) is 1. The number of carbonyl (C=O) groups excluding carboxylic acids is 4. The first-order valence-electron chi connectivity index (χ1n) is 8.24. The molecule has 134 valence electrons. The summed E-state index contributed by atoms with van der Waals surface area (Å²) >= 11 is 0. The number of esters is 1. The molecule has 0 radical (unpaired) electrons. The summed E-state index contributed by atoms with van der Waals surface area (Å²) in [7, 11) is 3.11. The van der Waals surface area contributed by atoms with Crippen LogP contribution in [0.5, 0.6) is 0 Å². The van der Waals surface area contributed by atoms with Crippen molar-refractivity contribution in [1.29, 1.82) is 0 Å². The maximum absolute atomic E-state index is 12.7. The molecule has 0 aromatic carbocycles. The molecule has 0 aromatic heterocycles. The molecule has 8 heteroatoms. The highest BCUT2D eigenvalue weighted by Crippen LogP contribution is 2.38. The third kappa shape index (κ3) is 3.22. The molecule has 1 heterocycles. The maximum atomic E-state index is 12.7. The lowest BCUT2D eigenvalue weighted by molar-refractivity contribution is -0.159. The van der Waals surface area contributed by atoms with Gasteiger partial charge in [-0.15, -0.1) is 0 Å². The van der Waals surface area contributed by atoms with Gasteiger partial charge in [-0.25, -0.2) is 4.79 Å². The fourth-order valence-corrected chi connectivity index (χ4v) is 3.42. The monoisotopic (exact) mass is 339 g/mol. The molecule has 2 aliphatic rings. The molecule has 2 rings (SSSR count). The number of likely N-dealkylation sites (N-methyl/N-ethyl adjacent to an activating group) is 1. The minimum Gasteiger partial charge on any atom is -0.451 e. The molecule has 0 bridgehead atoms. The molecule has 1 N–H and O–H groups in total. The normalized spacial score (nSPS) is 27.8. The number of hydrogen-bond donors (Lipinski definition) is 1. The summed E-state index contributed by atoms with van der Waals surface area (Å²) in [6.07, 6.45) is 2.37. The molecular weight excluding hydrogens is 314 g/mol. The quantitative estimate of drug-likeness (QED) is 0.594. The average Bonchev–Trinajstić information content (AvgIpc) is 2.74. The highest BCUT2D eigenvalue weighted by Gasteiger charge is 2.55. The Labute approximate surface area is 141 Å². The van der Waals surface area contributed by atoms with Crippen molar-refractivity contribution in [2.24, 2.45) is 5.92 Å². The van der Waals surface area contributed by atoms with Gasteiger partial charge in [0.2, 0.25) is 0 Å². The van der Waals surface area contributed by atoms with Crippen LogP contribution >= 0.6 is 0 Å². The van der Waals surface area contributed by atoms with Gasteiger partial charge in [0.25, 0.3) is 11.8 Å². The Bertz CT molecular complexity index is 562. The summed E-state index contributed by atoms with van der Waals surface area (Å²) in [6.45, 7) is 2.91. The van der Waals surface area contributed by atoms with E-state index in [0.717, 1.165) is 24.2 Å². The van der Waals surface area contributed by atoms with Gasteiger partial charge in [-0.05, 0) is 25.7 Å². The van der Waals surface area contributed by atoms with Crippen LogP contribution in [0.3, 0.4) is 0 Å². The summed E-state index contributed by atoms with van der Waals surface area (Å²) in [6, 6.07) is -0.572. The summed E-state index contributed by atoms with van der Waals surface area (Å²) < 4.78 is 5.03. The van der Waals surface area contributed by atoms with E-state index in [0.29, 0.717) is 6.42 Å². The van der Waals surface area contributed by atoms with Crippen LogP contribution < -0.4 is 5.32 Å². The zero-order valence-corrected chi connectivity index (χ0v) is 14.6. The van der Waals surface area contributed by atoms with Crippen molar-refractivity contribution in [2.45, 2.75) is 51.2 Å². The summed E-state index contributed by atoms with van der Waals surface area (Å²) in [5.41, 5.74) is -0.902. The van der Waals surface area contributed by atoms with Crippen LogP contribution in [0.2, 0.25) is 0 Å². The van der Waals surface area contributed by atoms with Crippen molar-refractivity contribution in [3.63, 3.8) is 0 Å². The largest absolute Gasteiger partial charge is 0.451 e. The Hall–Kier alpha value is -2.12. The Morgan fingerprint density at radius 2 is 2.04 bits per heavy atom. The predicted octanol–water partition coefficient (Wildman–Crippen LogP) is 0.507. The SMILES string of the molecule is C[C@H](OC(=O)CN1C(=O)N[C@@]2(CCCC[C@H]2C)C1=O)C(=O)N(C)C. The molecule has 1 aliphatic carbocycles. The molecule has 2 fully saturated rings. The highest BCUT2D eigenvalue weighted by molar-refractivity contribution is 6.09. The minimum absolute atomic E-state index is 0.0259. The van der Waals surface area contributed by atoms with Crippen LogP contribution in [0, 0.1) is 5.92 Å². The molecule has 4 amide bonds. The van der Waals surface area contributed by atoms with Gasteiger partial charge in [-0.2, -0.15) is 0 Å². The van der Waals surface area contributed by atoms with Gasteiger partial charge in [0.05, 0.1) is 0 Å². The van der Waals surface area contributed by atoms with Crippen molar-refractivity contribution >= 4 is 23.8 Å². The van der Waals surface area contributed by atoms with Gasteiger partial charge in [-0.3, -0.25) is 19.3 Å². The number of imide groups is 1. The topological polar surface area (TPSA) is 96.0 Å². The lowest BCUT2D eigenvalue weighted by Crippen LogP contribution is -2.54. The van der Waals surface area contributed by atoms with E-state index in [1.165, 1.54) is 11.8 Å². The Kier molecular flexibility index (Phi) is 5.15. The van der Waals surface area contributed by atoms with E-state index < -0.39 is 30.2 Å². The van der Waals surface area contributed by atoms with E-state index in [-0.39, 0.29) is 17.7 Å². The van der Waals surface area contributed by atoms with Crippen LogP contribution in [-0.2, 0) is 19.1 Å². The number of carbonyl (C=O) groups is 4. The van der Waals surface area contributed by atoms with Crippen molar-refractivity contribution in [2.75, 3.05) is 20.6 Å². The second-order valence-corrected chi connectivity index (χ2v) is 6.80. The van der Waals surface area contributed by atoms with Crippen molar-refractivity contribution in [3.8, 4) is 0 Å². The van der Waals surface area contributed by atoms with Gasteiger partial charge in [0, 0.05) is 14.1 Å². The second kappa shape index (κ2) is 6.78. The molecular formula is C16H25N3O5. The smallest absolute Gasteiger partial charge is 0.327 e. The van der Waals surface area contributed by atoms with Crippen molar-refractivity contribution < 1.29 is 23.9 Å². The summed E-state index contributed by atoms with van der Waals surface area (Å²) in [5, 5.41) is 2.77. The Balaban J connectivity index is 2.02. The number of nitrogens with one attached hydrogen (secondary N) is 1. The fourth-order valence-electron chi connectivity index (χ4n) is 3.42. The van der Waals surface area contributed by atoms with E-state index >= 15 is 0 Å². The molecule has 3 atom stereocenters. The van der Waals surface area contributed by atoms with E-state index in [1.807, 2.05) is 6.92 Å². The van der Waals surface area contributed by atoms with Crippen molar-refractivity contribution in [1.82, 2.24) is 15.1 Å². The zero-order valence-electron chi connectivity index (χ0n) is 14.6. The van der Waals surface area contributed by atoms with Gasteiger partial charge >= 0.3 is 12.0 Å². The van der Waals surface area contributed by atoms with Crippen LogP contribution in [-0.4, -0.2) is 65.9 Å². The van der Waals surface area contributed by atoms with Gasteiger partial charge in [-0.1, -0.05) is 19.8 Å². The summed E-state index contributed by atoms with van der Waals surface area (Å²) in [5.74, 6) is -1.49. The molecule has 0 unspecified atom stereocenters. The van der Waals surface area contributed by atoms with E-state index in [2.05, 4.69) is 5.32 Å². The standard InChI is InChI=1S/C16H25N3O5/c1-10-7-5-6-8-16(10)14(22)19(15(23)17-16)9-12(20)24-11(2)13(21)18(3)4/h10-11H,5-9H2,1-4H3,(H,17,23)/t10-,11+,16-/m1/s1. The fraction of sp³-hybridized carbons (Fsp3) is 0.750. The van der Waals surface area contributed by atoms with Crippen LogP contribution in [0.25, 0.3) is 0 Å². The third-order valence-electron chi connectivity index (χ3n) is 4.89. The van der Waals surface area contributed by atoms with Crippen LogP contribution in [0.4, 0.5) is 4.79 Å². The number of urea groups is 1. The third-order valence-corrected chi connectivity index (χ3v) is 4.89. The summed E-state index contributed by atoms with van der Waals surface area (Å²) in [4.78, 5) is 50.8. The maximum Gasteiger partial charge on any atom is 0.327 e. The van der Waals surface area contributed by atoms with Crippen molar-refractivity contribution in [3.05, 3.63) is 0 Å². The first-order valence-corrected chi connectivity index (χ1v) is 8.24. The molecule has 1 aliphatic heterocycles. The van der Waals surface area contributed by atoms with Gasteiger partial charge in [0.15, 0.2) is 6.10 Å². The molecule has 24 heavy (non-hydrogen) atoms. The second-order valence-electron chi connectivity index (χ2n) is 6.80.